The summed E-state index contributed by atoms with van der Waals surface area (Å²) >= 11 is 0. The average molecular weight is 382 g/mol. The van der Waals surface area contributed by atoms with Crippen LogP contribution >= 0.6 is 18.5 Å². The van der Waals surface area contributed by atoms with Gasteiger partial charge in [0.1, 0.15) is 0 Å². The predicted octanol–water partition coefficient (Wildman–Crippen LogP) is -0.582. The van der Waals surface area contributed by atoms with Crippen LogP contribution in [0.5, 0.6) is 0 Å². The van der Waals surface area contributed by atoms with E-state index in [9.17, 15) is 0 Å². The minimum absolute atomic E-state index is 0. The van der Waals surface area contributed by atoms with Gasteiger partial charge in [0.15, 0.2) is 0 Å². The van der Waals surface area contributed by atoms with E-state index in [0.717, 1.165) is 11.1 Å². The Balaban J connectivity index is 0.000000206. The molecule has 0 saturated carbocycles. The van der Waals surface area contributed by atoms with Gasteiger partial charge >= 0.3 is 21.1 Å². The monoisotopic (exact) mass is 382 g/mol. The van der Waals surface area contributed by atoms with Crippen molar-refractivity contribution < 1.29 is 21.1 Å². The Labute approximate surface area is 95.4 Å². The van der Waals surface area contributed by atoms with Crippen LogP contribution in [0.15, 0.2) is 12.4 Å². The molecule has 0 aromatic carbocycles. The molecule has 0 aliphatic rings. The van der Waals surface area contributed by atoms with Gasteiger partial charge in [-0.1, -0.05) is 12.4 Å². The van der Waals surface area contributed by atoms with Crippen LogP contribution in [0.2, 0.25) is 0 Å². The third kappa shape index (κ3) is 6.10. The van der Waals surface area contributed by atoms with Crippen molar-refractivity contribution in [3.8, 4) is 0 Å². The molecule has 0 aliphatic carbocycles. The molecule has 2 rings (SSSR count). The van der Waals surface area contributed by atoms with Crippen LogP contribution in [0.4, 0.5) is 0 Å². The molecule has 2 N–H and O–H groups in total. The van der Waals surface area contributed by atoms with E-state index in [-0.39, 0.29) is 21.1 Å². The average Bonchev–Trinajstić information content (AvgIpc) is 2.63. The third-order valence-corrected chi connectivity index (χ3v) is 1.53. The molecule has 0 radical (unpaired) electrons. The fraction of sp³-hybridized carbons (Fsp3) is 0. The second-order valence-corrected chi connectivity index (χ2v) is 2.92. The Kier molecular flexibility index (Phi) is 7.36. The van der Waals surface area contributed by atoms with Crippen LogP contribution in [0, 0.1) is 12.4 Å². The van der Waals surface area contributed by atoms with E-state index in [2.05, 4.69) is 50.8 Å². The van der Waals surface area contributed by atoms with Crippen molar-refractivity contribution >= 4 is 29.6 Å². The van der Waals surface area contributed by atoms with Crippen molar-refractivity contribution in [2.24, 2.45) is 0 Å². The molecule has 68 valence electrons. The first-order chi connectivity index (χ1) is 5.79. The first-order valence-electron chi connectivity index (χ1n) is 3.13. The second kappa shape index (κ2) is 7.38. The number of hydrogen-bond donors (Lipinski definition) is 2. The molecule has 2 aromatic rings. The minimum atomic E-state index is 0. The van der Waals surface area contributed by atoms with Crippen LogP contribution in [-0.4, -0.2) is 19.9 Å². The topological polar surface area (TPSA) is 57.4 Å². The molecule has 2 atom stereocenters. The quantitative estimate of drug-likeness (QED) is 0.474. The zero-order chi connectivity index (χ0) is 8.81. The van der Waals surface area contributed by atoms with E-state index in [1.54, 1.807) is 12.4 Å². The van der Waals surface area contributed by atoms with E-state index < -0.39 is 0 Å². The Hall–Kier alpha value is -0.0317. The summed E-state index contributed by atoms with van der Waals surface area (Å²) in [5.74, 6) is 0. The standard InChI is InChI=1S/2C3H4N2P.W/c2*6-3-4-1-2-5-3;/h2*1H,6H2,(H,4,5);/q2*-1;+2. The zero-order valence-corrected chi connectivity index (χ0v) is 11.9. The van der Waals surface area contributed by atoms with Gasteiger partial charge in [0, 0.05) is 0 Å². The van der Waals surface area contributed by atoms with Gasteiger partial charge in [-0.3, -0.25) is 0 Å². The molecule has 0 bridgehead atoms. The Bertz CT molecular complexity index is 262. The van der Waals surface area contributed by atoms with Gasteiger partial charge in [-0.25, -0.2) is 0 Å². The number of hydrogen-bond acceptors (Lipinski definition) is 2. The van der Waals surface area contributed by atoms with Crippen LogP contribution in [0.1, 0.15) is 0 Å². The first kappa shape index (κ1) is 13.0. The van der Waals surface area contributed by atoms with E-state index in [0.29, 0.717) is 0 Å². The maximum atomic E-state index is 3.70. The number of nitrogens with one attached hydrogen (secondary N) is 2. The van der Waals surface area contributed by atoms with Crippen molar-refractivity contribution in [2.75, 3.05) is 0 Å². The van der Waals surface area contributed by atoms with Crippen molar-refractivity contribution in [2.45, 2.75) is 0 Å². The van der Waals surface area contributed by atoms with Crippen molar-refractivity contribution in [1.29, 1.82) is 0 Å². The van der Waals surface area contributed by atoms with Crippen molar-refractivity contribution in [3.63, 3.8) is 0 Å². The van der Waals surface area contributed by atoms with Gasteiger partial charge in [0.05, 0.1) is 0 Å². The summed E-state index contributed by atoms with van der Waals surface area (Å²) in [5.41, 5.74) is 1.66. The molecule has 0 fully saturated rings. The molecule has 2 aromatic heterocycles. The summed E-state index contributed by atoms with van der Waals surface area (Å²) in [6.45, 7) is 0. The molecule has 0 amide bonds. The van der Waals surface area contributed by atoms with Gasteiger partial charge in [0.25, 0.3) is 0 Å². The van der Waals surface area contributed by atoms with Crippen LogP contribution in [-0.2, 0) is 21.1 Å². The van der Waals surface area contributed by atoms with E-state index in [1.165, 1.54) is 0 Å². The Morgan fingerprint density at radius 2 is 1.38 bits per heavy atom. The summed E-state index contributed by atoms with van der Waals surface area (Å²) in [7, 11) is 4.84. The summed E-state index contributed by atoms with van der Waals surface area (Å²) < 4.78 is 0. The number of aromatic nitrogens is 4. The molecule has 0 aliphatic heterocycles. The number of aromatic amines is 2. The van der Waals surface area contributed by atoms with Crippen LogP contribution in [0.25, 0.3) is 0 Å². The molecular formula is C6H8N4P2W. The molecule has 0 spiro atoms. The normalized spacial score (nSPS) is 8.15. The van der Waals surface area contributed by atoms with Crippen molar-refractivity contribution in [3.05, 3.63) is 24.8 Å². The predicted molar refractivity (Wildman–Crippen MR) is 53.5 cm³/mol. The van der Waals surface area contributed by atoms with E-state index >= 15 is 0 Å². The summed E-state index contributed by atoms with van der Waals surface area (Å²) in [6, 6.07) is 0. The summed E-state index contributed by atoms with van der Waals surface area (Å²) in [5, 5.41) is 0. The minimum Gasteiger partial charge on any atom is -0.439 e. The SMILES string of the molecule is Pc1n[c-]c[nH]1.Pc1n[c-]c[nH]1.[W+2]. The van der Waals surface area contributed by atoms with Gasteiger partial charge in [-0.05, 0) is 11.1 Å². The van der Waals surface area contributed by atoms with E-state index in [4.69, 9.17) is 0 Å². The number of nitrogens with zero attached hydrogens (tertiary/aromatic N) is 2. The maximum Gasteiger partial charge on any atom is 2.00 e. The Morgan fingerprint density at radius 3 is 1.46 bits per heavy atom. The van der Waals surface area contributed by atoms with Crippen LogP contribution in [0.3, 0.4) is 0 Å². The van der Waals surface area contributed by atoms with E-state index in [1.807, 2.05) is 0 Å². The molecule has 7 heteroatoms. The molecule has 2 unspecified atom stereocenters. The Morgan fingerprint density at radius 1 is 1.00 bits per heavy atom. The largest absolute Gasteiger partial charge is 2.00 e. The summed E-state index contributed by atoms with van der Waals surface area (Å²) in [6.07, 6.45) is 8.52. The summed E-state index contributed by atoms with van der Waals surface area (Å²) in [4.78, 5) is 13.0. The molecule has 13 heavy (non-hydrogen) atoms. The van der Waals surface area contributed by atoms with Crippen LogP contribution < -0.4 is 11.1 Å². The smallest absolute Gasteiger partial charge is 0.439 e. The number of rotatable bonds is 0. The third-order valence-electron chi connectivity index (χ3n) is 0.939. The van der Waals surface area contributed by atoms with Gasteiger partial charge < -0.3 is 19.9 Å². The van der Waals surface area contributed by atoms with Gasteiger partial charge in [0.2, 0.25) is 0 Å². The molecule has 4 nitrogen and oxygen atoms in total. The first-order valence-corrected chi connectivity index (χ1v) is 4.28. The fourth-order valence-corrected chi connectivity index (χ4v) is 0.796. The maximum absolute atomic E-state index is 3.70. The molecule has 0 saturated heterocycles. The molecule has 2 heterocycles. The van der Waals surface area contributed by atoms with Crippen molar-refractivity contribution in [1.82, 2.24) is 19.9 Å². The van der Waals surface area contributed by atoms with Gasteiger partial charge in [-0.2, -0.15) is 18.5 Å². The zero-order valence-electron chi connectivity index (χ0n) is 6.61. The fourth-order valence-electron chi connectivity index (χ4n) is 0.481. The number of imidazole rings is 2. The number of H-pyrrole nitrogens is 2. The van der Waals surface area contributed by atoms with Gasteiger partial charge in [-0.15, -0.1) is 12.4 Å². The molecular weight excluding hydrogens is 374 g/mol. The second-order valence-electron chi connectivity index (χ2n) is 1.83.